The van der Waals surface area contributed by atoms with Gasteiger partial charge in [0.25, 0.3) is 0 Å². The molecule has 0 saturated carbocycles. The van der Waals surface area contributed by atoms with E-state index >= 15 is 0 Å². The van der Waals surface area contributed by atoms with Crippen LogP contribution in [0.4, 0.5) is 4.39 Å². The van der Waals surface area contributed by atoms with Crippen molar-refractivity contribution in [2.24, 2.45) is 0 Å². The number of carboxylic acid groups (broad SMARTS) is 1. The van der Waals surface area contributed by atoms with E-state index in [1.54, 1.807) is 55.6 Å². The topological polar surface area (TPSA) is 67.8 Å². The number of rotatable bonds is 9. The van der Waals surface area contributed by atoms with Gasteiger partial charge >= 0.3 is 5.97 Å². The van der Waals surface area contributed by atoms with Gasteiger partial charge in [-0.3, -0.25) is 0 Å². The van der Waals surface area contributed by atoms with Crippen molar-refractivity contribution in [1.82, 2.24) is 5.32 Å². The van der Waals surface area contributed by atoms with Crippen molar-refractivity contribution in [2.75, 3.05) is 7.11 Å². The molecule has 30 heavy (non-hydrogen) atoms. The summed E-state index contributed by atoms with van der Waals surface area (Å²) in [6.07, 6.45) is 0. The zero-order valence-corrected chi connectivity index (χ0v) is 17.2. The normalized spacial score (nSPS) is 10.2. The fourth-order valence-corrected chi connectivity index (χ4v) is 2.90. The van der Waals surface area contributed by atoms with E-state index in [1.165, 1.54) is 6.07 Å². The molecule has 0 radical (unpaired) electrons. The summed E-state index contributed by atoms with van der Waals surface area (Å²) in [7, 11) is 1.56. The van der Waals surface area contributed by atoms with E-state index in [2.05, 4.69) is 5.32 Å². The number of halogens is 2. The number of para-hydroxylation sites is 1. The molecule has 0 aliphatic carbocycles. The van der Waals surface area contributed by atoms with Crippen LogP contribution in [0.25, 0.3) is 0 Å². The Balaban J connectivity index is 0.00000320. The number of hydrogen-bond donors (Lipinski definition) is 2. The Bertz CT molecular complexity index is 979. The molecule has 3 aromatic carbocycles. The van der Waals surface area contributed by atoms with Crippen LogP contribution >= 0.6 is 12.4 Å². The van der Waals surface area contributed by atoms with Crippen molar-refractivity contribution in [1.29, 1.82) is 0 Å². The molecular formula is C23H23ClFNO4. The van der Waals surface area contributed by atoms with Crippen molar-refractivity contribution >= 4 is 18.4 Å². The first-order chi connectivity index (χ1) is 14.1. The highest BCUT2D eigenvalue weighted by molar-refractivity contribution is 5.87. The van der Waals surface area contributed by atoms with Crippen molar-refractivity contribution in [3.05, 3.63) is 94.8 Å². The summed E-state index contributed by atoms with van der Waals surface area (Å²) in [4.78, 5) is 10.9. The summed E-state index contributed by atoms with van der Waals surface area (Å²) in [6.45, 7) is 1.16. The third-order valence-corrected chi connectivity index (χ3v) is 4.46. The maximum absolute atomic E-state index is 13.9. The lowest BCUT2D eigenvalue weighted by atomic mass is 10.1. The number of methoxy groups -OCH3 is 1. The van der Waals surface area contributed by atoms with Crippen LogP contribution in [0.2, 0.25) is 0 Å². The van der Waals surface area contributed by atoms with Gasteiger partial charge in [-0.2, -0.15) is 0 Å². The molecule has 0 unspecified atom stereocenters. The molecule has 0 bridgehead atoms. The molecule has 7 heteroatoms. The van der Waals surface area contributed by atoms with Crippen LogP contribution in [0.1, 0.15) is 27.0 Å². The van der Waals surface area contributed by atoms with Crippen LogP contribution in [0, 0.1) is 5.82 Å². The van der Waals surface area contributed by atoms with Gasteiger partial charge in [-0.1, -0.05) is 42.5 Å². The maximum Gasteiger partial charge on any atom is 0.335 e. The highest BCUT2D eigenvalue weighted by Gasteiger charge is 2.12. The Morgan fingerprint density at radius 1 is 0.967 bits per heavy atom. The number of nitrogens with one attached hydrogen (secondary N) is 1. The van der Waals surface area contributed by atoms with E-state index in [0.717, 1.165) is 11.1 Å². The van der Waals surface area contributed by atoms with Gasteiger partial charge in [-0.25, -0.2) is 9.18 Å². The number of ether oxygens (including phenoxy) is 2. The zero-order chi connectivity index (χ0) is 20.6. The molecule has 158 valence electrons. The number of hydrogen-bond acceptors (Lipinski definition) is 4. The number of carboxylic acids is 1. The largest absolute Gasteiger partial charge is 0.493 e. The molecule has 3 rings (SSSR count). The predicted octanol–water partition coefficient (Wildman–Crippen LogP) is 4.82. The number of benzene rings is 3. The maximum atomic E-state index is 13.9. The van der Waals surface area contributed by atoms with E-state index < -0.39 is 5.97 Å². The third-order valence-electron chi connectivity index (χ3n) is 4.46. The first-order valence-corrected chi connectivity index (χ1v) is 9.13. The van der Waals surface area contributed by atoms with Gasteiger partial charge in [-0.15, -0.1) is 12.4 Å². The molecule has 0 aliphatic heterocycles. The highest BCUT2D eigenvalue weighted by atomic mass is 35.5. The van der Waals surface area contributed by atoms with Crippen LogP contribution in [-0.4, -0.2) is 18.2 Å². The smallest absolute Gasteiger partial charge is 0.335 e. The van der Waals surface area contributed by atoms with Crippen LogP contribution in [0.5, 0.6) is 11.5 Å². The second kappa shape index (κ2) is 11.2. The Labute approximate surface area is 180 Å². The molecule has 5 nitrogen and oxygen atoms in total. The molecule has 0 fully saturated rings. The van der Waals surface area contributed by atoms with Gasteiger partial charge in [0.1, 0.15) is 12.4 Å². The Morgan fingerprint density at radius 2 is 1.67 bits per heavy atom. The molecule has 2 N–H and O–H groups in total. The monoisotopic (exact) mass is 431 g/mol. The quantitative estimate of drug-likeness (QED) is 0.508. The average Bonchev–Trinajstić information content (AvgIpc) is 2.74. The van der Waals surface area contributed by atoms with Crippen LogP contribution in [0.15, 0.2) is 66.7 Å². The minimum absolute atomic E-state index is 0. The van der Waals surface area contributed by atoms with Gasteiger partial charge in [0.2, 0.25) is 0 Å². The SMILES string of the molecule is COc1cccc(CNCc2ccc(C(=O)O)cc2)c1OCc1ccccc1F.Cl. The Kier molecular flexibility index (Phi) is 8.65. The van der Waals surface area contributed by atoms with Gasteiger partial charge in [0.15, 0.2) is 11.5 Å². The Morgan fingerprint density at radius 3 is 2.33 bits per heavy atom. The molecule has 3 aromatic rings. The summed E-state index contributed by atoms with van der Waals surface area (Å²) in [5, 5.41) is 12.3. The lowest BCUT2D eigenvalue weighted by Crippen LogP contribution is -2.14. The summed E-state index contributed by atoms with van der Waals surface area (Å²) in [5.41, 5.74) is 2.57. The fraction of sp³-hybridized carbons (Fsp3) is 0.174. The lowest BCUT2D eigenvalue weighted by Gasteiger charge is -2.16. The van der Waals surface area contributed by atoms with Crippen molar-refractivity contribution in [3.8, 4) is 11.5 Å². The van der Waals surface area contributed by atoms with E-state index in [-0.39, 0.29) is 30.4 Å². The van der Waals surface area contributed by atoms with E-state index in [9.17, 15) is 9.18 Å². The molecule has 0 aromatic heterocycles. The van der Waals surface area contributed by atoms with Gasteiger partial charge < -0.3 is 19.9 Å². The summed E-state index contributed by atoms with van der Waals surface area (Å²) < 4.78 is 25.2. The summed E-state index contributed by atoms with van der Waals surface area (Å²) in [6, 6.07) is 18.8. The van der Waals surface area contributed by atoms with Gasteiger partial charge in [-0.05, 0) is 29.8 Å². The van der Waals surface area contributed by atoms with Crippen LogP contribution in [-0.2, 0) is 19.7 Å². The fourth-order valence-electron chi connectivity index (χ4n) is 2.90. The summed E-state index contributed by atoms with van der Waals surface area (Å²) >= 11 is 0. The molecule has 0 atom stereocenters. The minimum atomic E-state index is -0.947. The highest BCUT2D eigenvalue weighted by Crippen LogP contribution is 2.32. The summed E-state index contributed by atoms with van der Waals surface area (Å²) in [5.74, 6) is -0.122. The molecular weight excluding hydrogens is 409 g/mol. The van der Waals surface area contributed by atoms with E-state index in [4.69, 9.17) is 14.6 Å². The molecule has 0 aliphatic rings. The van der Waals surface area contributed by atoms with Crippen molar-refractivity contribution in [2.45, 2.75) is 19.7 Å². The first kappa shape index (κ1) is 23.2. The Hall–Kier alpha value is -3.09. The molecule has 0 spiro atoms. The number of aromatic carboxylic acids is 1. The number of carbonyl (C=O) groups is 1. The van der Waals surface area contributed by atoms with Gasteiger partial charge in [0, 0.05) is 24.2 Å². The average molecular weight is 432 g/mol. The van der Waals surface area contributed by atoms with Crippen LogP contribution in [0.3, 0.4) is 0 Å². The second-order valence-corrected chi connectivity index (χ2v) is 6.43. The van der Waals surface area contributed by atoms with Crippen LogP contribution < -0.4 is 14.8 Å². The third kappa shape index (κ3) is 5.95. The molecule has 0 amide bonds. The van der Waals surface area contributed by atoms with E-state index in [1.807, 2.05) is 12.1 Å². The van der Waals surface area contributed by atoms with Gasteiger partial charge in [0.05, 0.1) is 12.7 Å². The van der Waals surface area contributed by atoms with Crippen molar-refractivity contribution < 1.29 is 23.8 Å². The lowest BCUT2D eigenvalue weighted by molar-refractivity contribution is 0.0697. The molecule has 0 heterocycles. The molecule has 0 saturated heterocycles. The predicted molar refractivity (Wildman–Crippen MR) is 115 cm³/mol. The van der Waals surface area contributed by atoms with Crippen molar-refractivity contribution in [3.63, 3.8) is 0 Å². The zero-order valence-electron chi connectivity index (χ0n) is 16.4. The second-order valence-electron chi connectivity index (χ2n) is 6.43. The first-order valence-electron chi connectivity index (χ1n) is 9.13. The van der Waals surface area contributed by atoms with E-state index in [0.29, 0.717) is 30.2 Å². The minimum Gasteiger partial charge on any atom is -0.493 e. The standard InChI is InChI=1S/C23H22FNO4.ClH/c1-28-21-8-4-6-18(22(21)29-15-19-5-2-3-7-20(19)24)14-25-13-16-9-11-17(12-10-16)23(26)27;/h2-12,25H,13-15H2,1H3,(H,26,27);1H.